The lowest BCUT2D eigenvalue weighted by molar-refractivity contribution is -0.140. The Morgan fingerprint density at radius 1 is 1.18 bits per heavy atom. The molecule has 0 radical (unpaired) electrons. The molecule has 3 N–H and O–H groups in total. The summed E-state index contributed by atoms with van der Waals surface area (Å²) in [6.07, 6.45) is -1.08. The summed E-state index contributed by atoms with van der Waals surface area (Å²) >= 11 is 5.80. The van der Waals surface area contributed by atoms with Crippen LogP contribution in [0.4, 0.5) is 11.4 Å². The molecule has 8 heteroatoms. The monoisotopic (exact) mass is 403 g/mol. The van der Waals surface area contributed by atoms with Crippen LogP contribution in [0.2, 0.25) is 5.02 Å². The van der Waals surface area contributed by atoms with Gasteiger partial charge in [0.1, 0.15) is 0 Å². The van der Waals surface area contributed by atoms with E-state index < -0.39 is 18.0 Å². The van der Waals surface area contributed by atoms with E-state index in [2.05, 4.69) is 5.32 Å². The predicted molar refractivity (Wildman–Crippen MR) is 108 cm³/mol. The third-order valence-corrected chi connectivity index (χ3v) is 4.19. The molecule has 1 atom stereocenters. The lowest BCUT2D eigenvalue weighted by atomic mass is 10.2. The molecule has 0 bridgehead atoms. The van der Waals surface area contributed by atoms with Crippen LogP contribution < -0.4 is 11.1 Å². The van der Waals surface area contributed by atoms with Crippen molar-refractivity contribution in [3.63, 3.8) is 0 Å². The topological polar surface area (TPSA) is 102 Å². The Labute approximate surface area is 168 Å². The van der Waals surface area contributed by atoms with Crippen molar-refractivity contribution >= 4 is 40.8 Å². The van der Waals surface area contributed by atoms with E-state index in [9.17, 15) is 14.4 Å². The summed E-state index contributed by atoms with van der Waals surface area (Å²) in [7, 11) is 1.46. The van der Waals surface area contributed by atoms with Crippen molar-refractivity contribution in [2.24, 2.45) is 0 Å². The van der Waals surface area contributed by atoms with Crippen molar-refractivity contribution in [1.29, 1.82) is 0 Å². The van der Waals surface area contributed by atoms with Crippen molar-refractivity contribution in [3.8, 4) is 0 Å². The minimum atomic E-state index is -1.08. The Hall–Kier alpha value is -3.06. The van der Waals surface area contributed by atoms with Gasteiger partial charge in [-0.3, -0.25) is 9.59 Å². The van der Waals surface area contributed by atoms with E-state index in [1.54, 1.807) is 12.1 Å². The van der Waals surface area contributed by atoms with Gasteiger partial charge in [-0.05, 0) is 44.2 Å². The highest BCUT2D eigenvalue weighted by molar-refractivity contribution is 6.31. The molecule has 2 aromatic rings. The van der Waals surface area contributed by atoms with Gasteiger partial charge in [0.25, 0.3) is 5.91 Å². The lowest BCUT2D eigenvalue weighted by Gasteiger charge is -2.21. The number of nitrogens with two attached hydrogens (primary N) is 1. The van der Waals surface area contributed by atoms with Gasteiger partial charge in [-0.15, -0.1) is 0 Å². The van der Waals surface area contributed by atoms with Gasteiger partial charge in [-0.25, -0.2) is 4.79 Å². The van der Waals surface area contributed by atoms with Crippen molar-refractivity contribution in [3.05, 3.63) is 58.6 Å². The summed E-state index contributed by atoms with van der Waals surface area (Å²) in [6, 6.07) is 11.6. The highest BCUT2D eigenvalue weighted by Gasteiger charge is 2.24. The first-order valence-corrected chi connectivity index (χ1v) is 8.92. The molecule has 0 aliphatic rings. The number of ether oxygens (including phenoxy) is 1. The molecule has 2 amide bonds. The van der Waals surface area contributed by atoms with Gasteiger partial charge in [0.2, 0.25) is 5.91 Å². The molecule has 0 fully saturated rings. The second-order valence-electron chi connectivity index (χ2n) is 6.39. The fourth-order valence-electron chi connectivity index (χ4n) is 2.44. The molecule has 0 aliphatic carbocycles. The average molecular weight is 404 g/mol. The zero-order valence-corrected chi connectivity index (χ0v) is 16.6. The van der Waals surface area contributed by atoms with Gasteiger partial charge in [0.15, 0.2) is 6.10 Å². The molecule has 0 saturated heterocycles. The predicted octanol–water partition coefficient (Wildman–Crippen LogP) is 2.87. The number of halogens is 1. The van der Waals surface area contributed by atoms with Crippen LogP contribution in [0.3, 0.4) is 0 Å². The number of carbonyl (C=O) groups is 3. The second-order valence-corrected chi connectivity index (χ2v) is 6.82. The van der Waals surface area contributed by atoms with Crippen molar-refractivity contribution in [1.82, 2.24) is 4.90 Å². The van der Waals surface area contributed by atoms with E-state index in [1.165, 1.54) is 37.1 Å². The van der Waals surface area contributed by atoms with Crippen LogP contribution in [-0.4, -0.2) is 42.4 Å². The Balaban J connectivity index is 1.91. The first kappa shape index (κ1) is 21.2. The summed E-state index contributed by atoms with van der Waals surface area (Å²) in [5.74, 6) is -1.62. The third-order valence-electron chi connectivity index (χ3n) is 3.96. The van der Waals surface area contributed by atoms with Crippen LogP contribution in [0.1, 0.15) is 22.8 Å². The Bertz CT molecular complexity index is 884. The number of nitrogen functional groups attached to an aromatic ring is 1. The highest BCUT2D eigenvalue weighted by Crippen LogP contribution is 2.19. The summed E-state index contributed by atoms with van der Waals surface area (Å²) in [5.41, 5.74) is 7.72. The van der Waals surface area contributed by atoms with E-state index in [0.29, 0.717) is 10.7 Å². The van der Waals surface area contributed by atoms with Crippen molar-refractivity contribution < 1.29 is 19.1 Å². The molecule has 28 heavy (non-hydrogen) atoms. The van der Waals surface area contributed by atoms with Crippen molar-refractivity contribution in [2.75, 3.05) is 24.6 Å². The molecule has 0 heterocycles. The number of nitrogens with one attached hydrogen (secondary N) is 1. The number of likely N-dealkylation sites (N-methyl/N-ethyl adjacent to an activating group) is 1. The Morgan fingerprint density at radius 2 is 1.82 bits per heavy atom. The standard InChI is InChI=1S/C20H22ClN3O4/c1-12-4-7-15(8-5-12)23-18(25)11-24(3)19(26)13(2)28-20(27)16-9-6-14(21)10-17(16)22/h4-10,13H,11,22H2,1-3H3,(H,23,25)/t13-/m1/s1. The zero-order chi connectivity index (χ0) is 20.8. The number of esters is 1. The summed E-state index contributed by atoms with van der Waals surface area (Å²) < 4.78 is 5.17. The number of hydrogen-bond acceptors (Lipinski definition) is 5. The summed E-state index contributed by atoms with van der Waals surface area (Å²) in [6.45, 7) is 3.19. The van der Waals surface area contributed by atoms with Crippen LogP contribution in [0.5, 0.6) is 0 Å². The van der Waals surface area contributed by atoms with Gasteiger partial charge in [0, 0.05) is 23.4 Å². The van der Waals surface area contributed by atoms with Crippen LogP contribution in [-0.2, 0) is 14.3 Å². The van der Waals surface area contributed by atoms with E-state index in [-0.39, 0.29) is 23.7 Å². The maximum absolute atomic E-state index is 12.4. The molecular formula is C20H22ClN3O4. The maximum Gasteiger partial charge on any atom is 0.341 e. The van der Waals surface area contributed by atoms with E-state index in [1.807, 2.05) is 19.1 Å². The SMILES string of the molecule is Cc1ccc(NC(=O)CN(C)C(=O)[C@@H](C)OC(=O)c2ccc(Cl)cc2N)cc1. The minimum absolute atomic E-state index is 0.115. The lowest BCUT2D eigenvalue weighted by Crippen LogP contribution is -2.41. The normalized spacial score (nSPS) is 11.4. The Kier molecular flexibility index (Phi) is 7.00. The summed E-state index contributed by atoms with van der Waals surface area (Å²) in [4.78, 5) is 37.9. The van der Waals surface area contributed by atoms with Gasteiger partial charge in [-0.1, -0.05) is 29.3 Å². The van der Waals surface area contributed by atoms with Crippen LogP contribution in [0, 0.1) is 6.92 Å². The largest absolute Gasteiger partial charge is 0.449 e. The number of hydrogen-bond donors (Lipinski definition) is 2. The molecule has 0 unspecified atom stereocenters. The number of amides is 2. The van der Waals surface area contributed by atoms with Crippen molar-refractivity contribution in [2.45, 2.75) is 20.0 Å². The molecule has 7 nitrogen and oxygen atoms in total. The summed E-state index contributed by atoms with van der Waals surface area (Å²) in [5, 5.41) is 3.09. The van der Waals surface area contributed by atoms with E-state index in [0.717, 1.165) is 5.56 Å². The second kappa shape index (κ2) is 9.23. The van der Waals surface area contributed by atoms with Gasteiger partial charge < -0.3 is 20.7 Å². The van der Waals surface area contributed by atoms with Gasteiger partial charge in [-0.2, -0.15) is 0 Å². The van der Waals surface area contributed by atoms with Gasteiger partial charge in [0.05, 0.1) is 12.1 Å². The smallest absolute Gasteiger partial charge is 0.341 e. The fraction of sp³-hybridized carbons (Fsp3) is 0.250. The zero-order valence-electron chi connectivity index (χ0n) is 15.9. The quantitative estimate of drug-likeness (QED) is 0.570. The molecule has 0 saturated carbocycles. The number of carbonyl (C=O) groups excluding carboxylic acids is 3. The average Bonchev–Trinajstić information content (AvgIpc) is 2.62. The van der Waals surface area contributed by atoms with Crippen LogP contribution in [0.25, 0.3) is 0 Å². The first-order valence-electron chi connectivity index (χ1n) is 8.55. The minimum Gasteiger partial charge on any atom is -0.449 e. The van der Waals surface area contributed by atoms with Crippen LogP contribution in [0.15, 0.2) is 42.5 Å². The number of anilines is 2. The molecule has 0 aromatic heterocycles. The molecule has 0 spiro atoms. The molecule has 0 aliphatic heterocycles. The Morgan fingerprint density at radius 3 is 2.43 bits per heavy atom. The van der Waals surface area contributed by atoms with E-state index in [4.69, 9.17) is 22.1 Å². The number of rotatable bonds is 6. The number of nitrogens with zero attached hydrogens (tertiary/aromatic N) is 1. The number of aryl methyl sites for hydroxylation is 1. The van der Waals surface area contributed by atoms with Gasteiger partial charge >= 0.3 is 5.97 Å². The van der Waals surface area contributed by atoms with Crippen LogP contribution >= 0.6 is 11.6 Å². The third kappa shape index (κ3) is 5.72. The van der Waals surface area contributed by atoms with E-state index >= 15 is 0 Å². The number of benzene rings is 2. The molecule has 2 rings (SSSR count). The molecule has 2 aromatic carbocycles. The highest BCUT2D eigenvalue weighted by atomic mass is 35.5. The fourth-order valence-corrected chi connectivity index (χ4v) is 2.62. The molecular weight excluding hydrogens is 382 g/mol. The maximum atomic E-state index is 12.4. The first-order chi connectivity index (χ1) is 13.2. The molecule has 148 valence electrons.